The van der Waals surface area contributed by atoms with Crippen LogP contribution >= 0.6 is 22.9 Å². The Morgan fingerprint density at radius 2 is 1.97 bits per heavy atom. The highest BCUT2D eigenvalue weighted by molar-refractivity contribution is 7.91. The van der Waals surface area contributed by atoms with E-state index in [1.165, 1.54) is 23.5 Å². The quantitative estimate of drug-likeness (QED) is 0.432. The Morgan fingerprint density at radius 3 is 2.66 bits per heavy atom. The van der Waals surface area contributed by atoms with Gasteiger partial charge in [-0.15, -0.1) is 11.3 Å². The van der Waals surface area contributed by atoms with E-state index >= 15 is 0 Å². The summed E-state index contributed by atoms with van der Waals surface area (Å²) < 4.78 is 32.2. The number of ether oxygens (including phenoxy) is 1. The molecule has 0 amide bonds. The number of benzene rings is 1. The molecule has 3 aromatic heterocycles. The fourth-order valence-electron chi connectivity index (χ4n) is 2.89. The summed E-state index contributed by atoms with van der Waals surface area (Å²) >= 11 is 7.48. The van der Waals surface area contributed by atoms with Crippen molar-refractivity contribution < 1.29 is 13.2 Å². The average Bonchev–Trinajstić information content (AvgIpc) is 3.21. The minimum atomic E-state index is -3.72. The van der Waals surface area contributed by atoms with Crippen molar-refractivity contribution >= 4 is 43.0 Å². The fraction of sp³-hybridized carbons (Fsp3) is 0.150. The molecule has 0 aliphatic rings. The van der Waals surface area contributed by atoms with Crippen molar-refractivity contribution in [3.8, 4) is 17.1 Å². The van der Waals surface area contributed by atoms with Crippen LogP contribution in [-0.2, 0) is 9.84 Å². The van der Waals surface area contributed by atoms with Crippen LogP contribution in [0.15, 0.2) is 58.9 Å². The molecule has 6 nitrogen and oxygen atoms in total. The molecule has 0 fully saturated rings. The van der Waals surface area contributed by atoms with Crippen LogP contribution < -0.4 is 4.74 Å². The van der Waals surface area contributed by atoms with E-state index in [1.54, 1.807) is 38.4 Å². The van der Waals surface area contributed by atoms with E-state index in [0.29, 0.717) is 22.1 Å². The SMILES string of the molecule is COc1ccc(-c2nc(C(C)S(=O)(=O)c3cccc(Cl)c3)nc3ccsc23)cn1. The van der Waals surface area contributed by atoms with Gasteiger partial charge in [0.25, 0.3) is 0 Å². The molecule has 0 spiro atoms. The van der Waals surface area contributed by atoms with Crippen LogP contribution in [0.25, 0.3) is 21.5 Å². The Balaban J connectivity index is 1.84. The molecule has 1 unspecified atom stereocenters. The second kappa shape index (κ2) is 7.70. The summed E-state index contributed by atoms with van der Waals surface area (Å²) in [6, 6.07) is 11.6. The molecule has 0 N–H and O–H groups in total. The summed E-state index contributed by atoms with van der Waals surface area (Å²) in [4.78, 5) is 13.5. The van der Waals surface area contributed by atoms with Crippen molar-refractivity contribution in [2.45, 2.75) is 17.1 Å². The van der Waals surface area contributed by atoms with Crippen LogP contribution in [-0.4, -0.2) is 30.5 Å². The lowest BCUT2D eigenvalue weighted by Crippen LogP contribution is -2.14. The number of halogens is 1. The minimum absolute atomic E-state index is 0.138. The molecule has 0 aliphatic heterocycles. The molecular formula is C20H16ClN3O3S2. The van der Waals surface area contributed by atoms with E-state index in [0.717, 1.165) is 10.3 Å². The normalized spacial score (nSPS) is 12.8. The number of rotatable bonds is 5. The molecule has 1 atom stereocenters. The number of sulfone groups is 1. The van der Waals surface area contributed by atoms with Crippen molar-refractivity contribution in [1.82, 2.24) is 15.0 Å². The van der Waals surface area contributed by atoms with Gasteiger partial charge in [-0.25, -0.2) is 23.4 Å². The summed E-state index contributed by atoms with van der Waals surface area (Å²) in [5, 5.41) is 1.31. The highest BCUT2D eigenvalue weighted by Gasteiger charge is 2.29. The van der Waals surface area contributed by atoms with Gasteiger partial charge < -0.3 is 4.74 Å². The van der Waals surface area contributed by atoms with Gasteiger partial charge >= 0.3 is 0 Å². The van der Waals surface area contributed by atoms with Crippen LogP contribution in [0.2, 0.25) is 5.02 Å². The summed E-state index contributed by atoms with van der Waals surface area (Å²) in [6.07, 6.45) is 1.65. The minimum Gasteiger partial charge on any atom is -0.481 e. The van der Waals surface area contributed by atoms with Crippen molar-refractivity contribution in [3.05, 3.63) is 64.9 Å². The molecule has 1 aromatic carbocycles. The first-order valence-electron chi connectivity index (χ1n) is 8.65. The van der Waals surface area contributed by atoms with Crippen LogP contribution in [0, 0.1) is 0 Å². The van der Waals surface area contributed by atoms with Gasteiger partial charge in [0.15, 0.2) is 9.84 Å². The maximum atomic E-state index is 13.1. The van der Waals surface area contributed by atoms with Crippen LogP contribution in [0.4, 0.5) is 0 Å². The van der Waals surface area contributed by atoms with Gasteiger partial charge in [-0.3, -0.25) is 0 Å². The number of pyridine rings is 1. The predicted octanol–water partition coefficient (Wildman–Crippen LogP) is 4.95. The molecule has 0 radical (unpaired) electrons. The first-order valence-corrected chi connectivity index (χ1v) is 11.5. The molecule has 148 valence electrons. The third-order valence-corrected chi connectivity index (χ3v) is 7.69. The van der Waals surface area contributed by atoms with E-state index in [9.17, 15) is 8.42 Å². The van der Waals surface area contributed by atoms with Gasteiger partial charge in [-0.2, -0.15) is 0 Å². The summed E-state index contributed by atoms with van der Waals surface area (Å²) in [7, 11) is -2.17. The smallest absolute Gasteiger partial charge is 0.212 e. The first-order chi connectivity index (χ1) is 13.9. The zero-order chi connectivity index (χ0) is 20.6. The number of fused-ring (bicyclic) bond motifs is 1. The molecule has 29 heavy (non-hydrogen) atoms. The summed E-state index contributed by atoms with van der Waals surface area (Å²) in [5.41, 5.74) is 2.09. The number of methoxy groups -OCH3 is 1. The van der Waals surface area contributed by atoms with Crippen LogP contribution in [0.3, 0.4) is 0 Å². The summed E-state index contributed by atoms with van der Waals surface area (Å²) in [6.45, 7) is 1.58. The number of aromatic nitrogens is 3. The maximum absolute atomic E-state index is 13.1. The van der Waals surface area contributed by atoms with E-state index in [-0.39, 0.29) is 10.7 Å². The third-order valence-electron chi connectivity index (χ3n) is 4.49. The molecule has 4 rings (SSSR count). The third kappa shape index (κ3) is 3.71. The molecule has 3 heterocycles. The van der Waals surface area contributed by atoms with Crippen molar-refractivity contribution in [1.29, 1.82) is 0 Å². The van der Waals surface area contributed by atoms with Crippen molar-refractivity contribution in [2.24, 2.45) is 0 Å². The zero-order valence-electron chi connectivity index (χ0n) is 15.5. The second-order valence-electron chi connectivity index (χ2n) is 6.30. The Morgan fingerprint density at radius 1 is 1.14 bits per heavy atom. The van der Waals surface area contributed by atoms with Gasteiger partial charge in [0.2, 0.25) is 5.88 Å². The zero-order valence-corrected chi connectivity index (χ0v) is 17.9. The molecule has 0 saturated carbocycles. The Kier molecular flexibility index (Phi) is 5.24. The van der Waals surface area contributed by atoms with Crippen LogP contribution in [0.1, 0.15) is 18.0 Å². The van der Waals surface area contributed by atoms with Crippen LogP contribution in [0.5, 0.6) is 5.88 Å². The Labute approximate surface area is 177 Å². The summed E-state index contributed by atoms with van der Waals surface area (Å²) in [5.74, 6) is 0.712. The largest absolute Gasteiger partial charge is 0.481 e. The maximum Gasteiger partial charge on any atom is 0.212 e. The lowest BCUT2D eigenvalue weighted by Gasteiger charge is -2.14. The van der Waals surface area contributed by atoms with Crippen molar-refractivity contribution in [2.75, 3.05) is 7.11 Å². The van der Waals surface area contributed by atoms with E-state index in [1.807, 2.05) is 17.5 Å². The highest BCUT2D eigenvalue weighted by atomic mass is 35.5. The lowest BCUT2D eigenvalue weighted by molar-refractivity contribution is 0.398. The predicted molar refractivity (Wildman–Crippen MR) is 114 cm³/mol. The number of hydrogen-bond acceptors (Lipinski definition) is 7. The topological polar surface area (TPSA) is 82.0 Å². The van der Waals surface area contributed by atoms with Gasteiger partial charge in [0.05, 0.1) is 27.9 Å². The molecule has 0 saturated heterocycles. The van der Waals surface area contributed by atoms with Gasteiger partial charge in [-0.05, 0) is 42.6 Å². The lowest BCUT2D eigenvalue weighted by atomic mass is 10.2. The second-order valence-corrected chi connectivity index (χ2v) is 9.92. The Hall–Kier alpha value is -2.55. The van der Waals surface area contributed by atoms with E-state index in [4.69, 9.17) is 16.3 Å². The standard InChI is InChI=1S/C20H16ClN3O3S2/c1-12(29(25,26)15-5-3-4-14(21)10-15)20-23-16-8-9-28-19(16)18(24-20)13-6-7-17(27-2)22-11-13/h3-12H,1-2H3. The molecule has 0 bridgehead atoms. The molecule has 9 heteroatoms. The Bertz CT molecular complexity index is 1290. The average molecular weight is 446 g/mol. The van der Waals surface area contributed by atoms with Gasteiger partial charge in [0.1, 0.15) is 11.1 Å². The number of nitrogens with zero attached hydrogens (tertiary/aromatic N) is 3. The van der Waals surface area contributed by atoms with Gasteiger partial charge in [-0.1, -0.05) is 17.7 Å². The van der Waals surface area contributed by atoms with Crippen molar-refractivity contribution in [3.63, 3.8) is 0 Å². The van der Waals surface area contributed by atoms with E-state index in [2.05, 4.69) is 15.0 Å². The monoisotopic (exact) mass is 445 g/mol. The fourth-order valence-corrected chi connectivity index (χ4v) is 5.34. The highest BCUT2D eigenvalue weighted by Crippen LogP contribution is 2.34. The number of hydrogen-bond donors (Lipinski definition) is 0. The molecule has 0 aliphatic carbocycles. The molecular weight excluding hydrogens is 430 g/mol. The first kappa shape index (κ1) is 19.8. The number of thiophene rings is 1. The van der Waals surface area contributed by atoms with Gasteiger partial charge in [0, 0.05) is 22.8 Å². The van der Waals surface area contributed by atoms with E-state index < -0.39 is 15.1 Å². The molecule has 4 aromatic rings.